The van der Waals surface area contributed by atoms with E-state index in [1.54, 1.807) is 25.0 Å². The first-order valence-electron chi connectivity index (χ1n) is 7.03. The molecule has 0 radical (unpaired) electrons. The topological polar surface area (TPSA) is 102 Å². The fourth-order valence-electron chi connectivity index (χ4n) is 2.42. The van der Waals surface area contributed by atoms with Gasteiger partial charge in [0.05, 0.1) is 11.0 Å². The van der Waals surface area contributed by atoms with Crippen LogP contribution in [-0.2, 0) is 14.8 Å². The van der Waals surface area contributed by atoms with Crippen LogP contribution in [-0.4, -0.2) is 45.7 Å². The Labute approximate surface area is 130 Å². The number of amides is 2. The summed E-state index contributed by atoms with van der Waals surface area (Å²) in [5, 5.41) is 7.87. The highest BCUT2D eigenvalue weighted by Crippen LogP contribution is 2.21. The fraction of sp³-hybridized carbons (Fsp3) is 0.500. The van der Waals surface area contributed by atoms with Crippen LogP contribution in [0.2, 0.25) is 0 Å². The summed E-state index contributed by atoms with van der Waals surface area (Å²) in [6.45, 7) is 2.96. The summed E-state index contributed by atoms with van der Waals surface area (Å²) in [6, 6.07) is 4.14. The molecule has 0 bridgehead atoms. The van der Waals surface area contributed by atoms with Crippen LogP contribution in [0.5, 0.6) is 0 Å². The molecule has 1 aliphatic rings. The van der Waals surface area contributed by atoms with E-state index in [2.05, 4.69) is 5.32 Å². The SMILES string of the molecule is CO[C@@H]1CCCN(C(=O)Nc2cc(S(N)(=O)=O)ccc2C)C1. The van der Waals surface area contributed by atoms with Crippen LogP contribution in [0.15, 0.2) is 23.1 Å². The highest BCUT2D eigenvalue weighted by atomic mass is 32.2. The van der Waals surface area contributed by atoms with Crippen molar-refractivity contribution in [3.8, 4) is 0 Å². The Kier molecular flexibility index (Phi) is 5.05. The maximum atomic E-state index is 12.3. The van der Waals surface area contributed by atoms with Gasteiger partial charge in [-0.1, -0.05) is 6.07 Å². The Bertz CT molecular complexity index is 660. The number of hydrogen-bond acceptors (Lipinski definition) is 4. The van der Waals surface area contributed by atoms with E-state index in [4.69, 9.17) is 9.88 Å². The van der Waals surface area contributed by atoms with Gasteiger partial charge in [-0.3, -0.25) is 0 Å². The number of ether oxygens (including phenoxy) is 1. The normalized spacial score (nSPS) is 19.0. The van der Waals surface area contributed by atoms with Gasteiger partial charge in [0.1, 0.15) is 0 Å². The number of primary sulfonamides is 1. The molecule has 0 aromatic heterocycles. The average Bonchev–Trinajstić information content (AvgIpc) is 2.48. The van der Waals surface area contributed by atoms with E-state index < -0.39 is 10.0 Å². The van der Waals surface area contributed by atoms with Gasteiger partial charge in [-0.25, -0.2) is 18.4 Å². The molecule has 7 nitrogen and oxygen atoms in total. The van der Waals surface area contributed by atoms with Gasteiger partial charge in [-0.05, 0) is 37.5 Å². The molecule has 0 aliphatic carbocycles. The fourth-order valence-corrected chi connectivity index (χ4v) is 2.96. The van der Waals surface area contributed by atoms with Gasteiger partial charge in [0.2, 0.25) is 10.0 Å². The zero-order valence-electron chi connectivity index (χ0n) is 12.7. The third kappa shape index (κ3) is 3.96. The molecule has 122 valence electrons. The number of aryl methyl sites for hydroxylation is 1. The van der Waals surface area contributed by atoms with Crippen molar-refractivity contribution < 1.29 is 17.9 Å². The van der Waals surface area contributed by atoms with Crippen LogP contribution in [0.4, 0.5) is 10.5 Å². The number of urea groups is 1. The van der Waals surface area contributed by atoms with Crippen molar-refractivity contribution in [1.82, 2.24) is 4.90 Å². The van der Waals surface area contributed by atoms with E-state index in [0.29, 0.717) is 18.8 Å². The van der Waals surface area contributed by atoms with E-state index in [9.17, 15) is 13.2 Å². The van der Waals surface area contributed by atoms with Crippen molar-refractivity contribution in [1.29, 1.82) is 0 Å². The van der Waals surface area contributed by atoms with Crippen LogP contribution in [0.1, 0.15) is 18.4 Å². The lowest BCUT2D eigenvalue weighted by Crippen LogP contribution is -2.45. The highest BCUT2D eigenvalue weighted by molar-refractivity contribution is 7.89. The number of likely N-dealkylation sites (tertiary alicyclic amines) is 1. The number of rotatable bonds is 3. The van der Waals surface area contributed by atoms with Gasteiger partial charge < -0.3 is 15.0 Å². The van der Waals surface area contributed by atoms with E-state index in [0.717, 1.165) is 18.4 Å². The zero-order valence-corrected chi connectivity index (χ0v) is 13.5. The number of hydrogen-bond donors (Lipinski definition) is 2. The van der Waals surface area contributed by atoms with Crippen LogP contribution in [0.25, 0.3) is 0 Å². The Hall–Kier alpha value is -1.64. The molecule has 0 spiro atoms. The summed E-state index contributed by atoms with van der Waals surface area (Å²) in [6.07, 6.45) is 1.85. The van der Waals surface area contributed by atoms with Crippen molar-refractivity contribution >= 4 is 21.7 Å². The lowest BCUT2D eigenvalue weighted by Gasteiger charge is -2.32. The van der Waals surface area contributed by atoms with Gasteiger partial charge in [0, 0.05) is 25.9 Å². The molecule has 1 aliphatic heterocycles. The first-order valence-corrected chi connectivity index (χ1v) is 8.58. The molecular formula is C14H21N3O4S. The first-order chi connectivity index (χ1) is 10.3. The van der Waals surface area contributed by atoms with Crippen molar-refractivity contribution in [2.45, 2.75) is 30.8 Å². The van der Waals surface area contributed by atoms with Gasteiger partial charge in [0.15, 0.2) is 0 Å². The van der Waals surface area contributed by atoms with E-state index >= 15 is 0 Å². The third-order valence-corrected chi connectivity index (χ3v) is 4.69. The second kappa shape index (κ2) is 6.64. The molecule has 1 aromatic rings. The molecular weight excluding hydrogens is 306 g/mol. The molecule has 2 rings (SSSR count). The molecule has 1 heterocycles. The Morgan fingerprint density at radius 3 is 2.82 bits per heavy atom. The molecule has 8 heteroatoms. The minimum Gasteiger partial charge on any atom is -0.380 e. The summed E-state index contributed by atoms with van der Waals surface area (Å²) in [4.78, 5) is 14.0. The lowest BCUT2D eigenvalue weighted by atomic mass is 10.1. The molecule has 2 amide bonds. The molecule has 1 atom stereocenters. The highest BCUT2D eigenvalue weighted by Gasteiger charge is 2.24. The number of nitrogens with two attached hydrogens (primary N) is 1. The molecule has 22 heavy (non-hydrogen) atoms. The van der Waals surface area contributed by atoms with Gasteiger partial charge in [-0.2, -0.15) is 0 Å². The third-order valence-electron chi connectivity index (χ3n) is 3.78. The molecule has 1 saturated heterocycles. The summed E-state index contributed by atoms with van der Waals surface area (Å²) >= 11 is 0. The summed E-state index contributed by atoms with van der Waals surface area (Å²) in [5.74, 6) is 0. The lowest BCUT2D eigenvalue weighted by molar-refractivity contribution is 0.0458. The second-order valence-corrected chi connectivity index (χ2v) is 6.96. The Morgan fingerprint density at radius 1 is 1.45 bits per heavy atom. The zero-order chi connectivity index (χ0) is 16.3. The van der Waals surface area contributed by atoms with E-state index in [1.807, 2.05) is 0 Å². The minimum absolute atomic E-state index is 0.0261. The molecule has 3 N–H and O–H groups in total. The minimum atomic E-state index is -3.80. The first kappa shape index (κ1) is 16.7. The molecule has 1 aromatic carbocycles. The second-order valence-electron chi connectivity index (χ2n) is 5.40. The van der Waals surface area contributed by atoms with Gasteiger partial charge in [-0.15, -0.1) is 0 Å². The van der Waals surface area contributed by atoms with Crippen molar-refractivity contribution in [3.05, 3.63) is 23.8 Å². The number of methoxy groups -OCH3 is 1. The van der Waals surface area contributed by atoms with Gasteiger partial charge >= 0.3 is 6.03 Å². The van der Waals surface area contributed by atoms with Crippen LogP contribution < -0.4 is 10.5 Å². The summed E-state index contributed by atoms with van der Waals surface area (Å²) in [5.41, 5.74) is 1.21. The quantitative estimate of drug-likeness (QED) is 0.873. The largest absolute Gasteiger partial charge is 0.380 e. The number of carbonyl (C=O) groups excluding carboxylic acids is 1. The number of benzene rings is 1. The molecule has 0 unspecified atom stereocenters. The maximum Gasteiger partial charge on any atom is 0.321 e. The van der Waals surface area contributed by atoms with E-state index in [1.165, 1.54) is 12.1 Å². The average molecular weight is 327 g/mol. The van der Waals surface area contributed by atoms with E-state index in [-0.39, 0.29) is 17.0 Å². The van der Waals surface area contributed by atoms with Crippen molar-refractivity contribution in [2.24, 2.45) is 5.14 Å². The maximum absolute atomic E-state index is 12.3. The molecule has 1 fully saturated rings. The number of piperidine rings is 1. The van der Waals surface area contributed by atoms with Crippen molar-refractivity contribution in [2.75, 3.05) is 25.5 Å². The number of anilines is 1. The number of sulfonamides is 1. The number of nitrogens with zero attached hydrogens (tertiary/aromatic N) is 1. The summed E-state index contributed by atoms with van der Waals surface area (Å²) in [7, 11) is -2.17. The predicted octanol–water partition coefficient (Wildman–Crippen LogP) is 1.29. The number of nitrogens with one attached hydrogen (secondary N) is 1. The van der Waals surface area contributed by atoms with Crippen LogP contribution in [0, 0.1) is 6.92 Å². The molecule has 0 saturated carbocycles. The summed E-state index contributed by atoms with van der Waals surface area (Å²) < 4.78 is 28.1. The monoisotopic (exact) mass is 327 g/mol. The van der Waals surface area contributed by atoms with Crippen molar-refractivity contribution in [3.63, 3.8) is 0 Å². The van der Waals surface area contributed by atoms with Crippen LogP contribution >= 0.6 is 0 Å². The Balaban J connectivity index is 2.14. The number of carbonyl (C=O) groups is 1. The van der Waals surface area contributed by atoms with Crippen LogP contribution in [0.3, 0.4) is 0 Å². The standard InChI is InChI=1S/C14H21N3O4S/c1-10-5-6-12(22(15,19)20)8-13(10)16-14(18)17-7-3-4-11(9-17)21-2/h5-6,8,11H,3-4,7,9H2,1-2H3,(H,16,18)(H2,15,19,20)/t11-/m1/s1. The Morgan fingerprint density at radius 2 is 2.18 bits per heavy atom. The smallest absolute Gasteiger partial charge is 0.321 e. The predicted molar refractivity (Wildman–Crippen MR) is 83.2 cm³/mol. The van der Waals surface area contributed by atoms with Gasteiger partial charge in [0.25, 0.3) is 0 Å².